The summed E-state index contributed by atoms with van der Waals surface area (Å²) in [5.41, 5.74) is 2.72. The molecule has 6 nitrogen and oxygen atoms in total. The van der Waals surface area contributed by atoms with E-state index in [1.54, 1.807) is 52.1 Å². The molecule has 0 aliphatic rings. The summed E-state index contributed by atoms with van der Waals surface area (Å²) in [5, 5.41) is 0. The van der Waals surface area contributed by atoms with Crippen LogP contribution in [0, 0.1) is 13.8 Å². The summed E-state index contributed by atoms with van der Waals surface area (Å²) < 4.78 is 39.2. The van der Waals surface area contributed by atoms with Gasteiger partial charge in [0.2, 0.25) is 0 Å². The van der Waals surface area contributed by atoms with Gasteiger partial charge in [0.15, 0.2) is 0 Å². The molecule has 2 aromatic rings. The lowest BCUT2D eigenvalue weighted by Gasteiger charge is -2.18. The molecular weight excluding hydrogens is 378 g/mol. The van der Waals surface area contributed by atoms with Gasteiger partial charge in [0.05, 0.1) is 29.9 Å². The first kappa shape index (κ1) is 21.8. The molecule has 28 heavy (non-hydrogen) atoms. The summed E-state index contributed by atoms with van der Waals surface area (Å²) in [6.07, 6.45) is 0. The number of hydrogen-bond donors (Lipinski definition) is 1. The minimum Gasteiger partial charge on any atom is -0.496 e. The Morgan fingerprint density at radius 1 is 1.11 bits per heavy atom. The zero-order chi connectivity index (χ0) is 21.1. The zero-order valence-corrected chi connectivity index (χ0v) is 17.9. The van der Waals surface area contributed by atoms with E-state index in [4.69, 9.17) is 9.47 Å². The normalized spacial score (nSPS) is 11.4. The molecule has 0 unspecified atom stereocenters. The number of anilines is 1. The topological polar surface area (TPSA) is 81.7 Å². The van der Waals surface area contributed by atoms with Crippen molar-refractivity contribution in [3.63, 3.8) is 0 Å². The predicted octanol–water partition coefficient (Wildman–Crippen LogP) is 4.41. The van der Waals surface area contributed by atoms with Gasteiger partial charge in [0.1, 0.15) is 5.75 Å². The molecule has 2 aromatic carbocycles. The van der Waals surface area contributed by atoms with Crippen molar-refractivity contribution in [3.05, 3.63) is 52.6 Å². The van der Waals surface area contributed by atoms with E-state index >= 15 is 0 Å². The Morgan fingerprint density at radius 3 is 2.36 bits per heavy atom. The van der Waals surface area contributed by atoms with Crippen LogP contribution in [-0.2, 0) is 14.8 Å². The molecule has 0 bridgehead atoms. The van der Waals surface area contributed by atoms with Gasteiger partial charge in [-0.05, 0) is 67.6 Å². The van der Waals surface area contributed by atoms with Crippen molar-refractivity contribution < 1.29 is 22.7 Å². The van der Waals surface area contributed by atoms with Crippen molar-refractivity contribution in [2.45, 2.75) is 45.4 Å². The van der Waals surface area contributed by atoms with Crippen molar-refractivity contribution in [3.8, 4) is 5.75 Å². The van der Waals surface area contributed by atoms with Crippen molar-refractivity contribution in [2.24, 2.45) is 0 Å². The second-order valence-electron chi connectivity index (χ2n) is 6.87. The average molecular weight is 406 g/mol. The predicted molar refractivity (Wildman–Crippen MR) is 110 cm³/mol. The molecule has 0 radical (unpaired) electrons. The van der Waals surface area contributed by atoms with Crippen LogP contribution < -0.4 is 9.46 Å². The Balaban J connectivity index is 2.48. The summed E-state index contributed by atoms with van der Waals surface area (Å²) in [6.45, 7) is 9.41. The largest absolute Gasteiger partial charge is 0.496 e. The van der Waals surface area contributed by atoms with Crippen LogP contribution in [0.2, 0.25) is 0 Å². The first-order valence-electron chi connectivity index (χ1n) is 9.09. The molecule has 0 saturated heterocycles. The third-order valence-electron chi connectivity index (χ3n) is 4.43. The molecule has 152 valence electrons. The highest BCUT2D eigenvalue weighted by Gasteiger charge is 2.22. The van der Waals surface area contributed by atoms with Crippen LogP contribution in [0.1, 0.15) is 53.7 Å². The summed E-state index contributed by atoms with van der Waals surface area (Å²) in [5.74, 6) is 0.260. The van der Waals surface area contributed by atoms with E-state index in [9.17, 15) is 13.2 Å². The fraction of sp³-hybridized carbons (Fsp3) is 0.381. The molecule has 0 aliphatic heterocycles. The molecule has 0 aromatic heterocycles. The van der Waals surface area contributed by atoms with Crippen molar-refractivity contribution in [1.29, 1.82) is 0 Å². The van der Waals surface area contributed by atoms with Gasteiger partial charge in [-0.2, -0.15) is 0 Å². The number of methoxy groups -OCH3 is 1. The van der Waals surface area contributed by atoms with Crippen LogP contribution in [0.25, 0.3) is 0 Å². The van der Waals surface area contributed by atoms with E-state index in [0.717, 1.165) is 5.56 Å². The van der Waals surface area contributed by atoms with Crippen molar-refractivity contribution >= 4 is 21.7 Å². The lowest BCUT2D eigenvalue weighted by Crippen LogP contribution is -2.16. The first-order chi connectivity index (χ1) is 13.1. The number of hydrogen-bond acceptors (Lipinski definition) is 5. The van der Waals surface area contributed by atoms with E-state index in [2.05, 4.69) is 4.72 Å². The van der Waals surface area contributed by atoms with E-state index in [1.807, 2.05) is 13.8 Å². The number of aryl methyl sites for hydroxylation is 2. The molecule has 2 rings (SSSR count). The Kier molecular flexibility index (Phi) is 6.72. The lowest BCUT2D eigenvalue weighted by molar-refractivity contribution is 0.0526. The minimum atomic E-state index is -3.86. The Bertz CT molecular complexity index is 981. The van der Waals surface area contributed by atoms with Gasteiger partial charge in [-0.25, -0.2) is 13.2 Å². The molecule has 0 amide bonds. The number of esters is 1. The highest BCUT2D eigenvalue weighted by molar-refractivity contribution is 7.92. The van der Waals surface area contributed by atoms with Gasteiger partial charge in [-0.1, -0.05) is 19.9 Å². The smallest absolute Gasteiger partial charge is 0.338 e. The van der Waals surface area contributed by atoms with Gasteiger partial charge in [0, 0.05) is 0 Å². The van der Waals surface area contributed by atoms with Crippen LogP contribution in [0.15, 0.2) is 35.2 Å². The van der Waals surface area contributed by atoms with Gasteiger partial charge in [0.25, 0.3) is 10.0 Å². The number of rotatable bonds is 7. The molecule has 0 aliphatic carbocycles. The summed E-state index contributed by atoms with van der Waals surface area (Å²) >= 11 is 0. The highest BCUT2D eigenvalue weighted by Crippen LogP contribution is 2.32. The van der Waals surface area contributed by atoms with E-state index in [0.29, 0.717) is 28.1 Å². The lowest BCUT2D eigenvalue weighted by atomic mass is 10.0. The Morgan fingerprint density at radius 2 is 1.79 bits per heavy atom. The molecule has 0 heterocycles. The van der Waals surface area contributed by atoms with Gasteiger partial charge < -0.3 is 9.47 Å². The number of carbonyl (C=O) groups is 1. The summed E-state index contributed by atoms with van der Waals surface area (Å²) in [7, 11) is -2.29. The Hall–Kier alpha value is -2.54. The number of ether oxygens (including phenoxy) is 2. The zero-order valence-electron chi connectivity index (χ0n) is 17.1. The molecule has 0 saturated carbocycles. The second kappa shape index (κ2) is 8.65. The summed E-state index contributed by atoms with van der Waals surface area (Å²) in [6, 6.07) is 8.16. The monoisotopic (exact) mass is 405 g/mol. The number of sulfonamides is 1. The maximum Gasteiger partial charge on any atom is 0.338 e. The van der Waals surface area contributed by atoms with Crippen molar-refractivity contribution in [1.82, 2.24) is 0 Å². The van der Waals surface area contributed by atoms with E-state index in [-0.39, 0.29) is 17.4 Å². The third-order valence-corrected chi connectivity index (χ3v) is 5.94. The first-order valence-corrected chi connectivity index (χ1v) is 10.6. The molecular formula is C21H27NO5S. The molecule has 0 spiro atoms. The van der Waals surface area contributed by atoms with Crippen LogP contribution in [0.4, 0.5) is 5.69 Å². The second-order valence-corrected chi connectivity index (χ2v) is 8.52. The van der Waals surface area contributed by atoms with Crippen LogP contribution in [-0.4, -0.2) is 28.1 Å². The molecule has 7 heteroatoms. The maximum absolute atomic E-state index is 13.1. The van der Waals surface area contributed by atoms with E-state index < -0.39 is 16.0 Å². The number of carbonyl (C=O) groups excluding carboxylic acids is 1. The van der Waals surface area contributed by atoms with Gasteiger partial charge >= 0.3 is 5.97 Å². The van der Waals surface area contributed by atoms with E-state index in [1.165, 1.54) is 6.07 Å². The fourth-order valence-corrected chi connectivity index (χ4v) is 4.25. The van der Waals surface area contributed by atoms with Gasteiger partial charge in [-0.15, -0.1) is 0 Å². The molecule has 0 atom stereocenters. The quantitative estimate of drug-likeness (QED) is 0.690. The van der Waals surface area contributed by atoms with Crippen LogP contribution in [0.3, 0.4) is 0 Å². The number of nitrogens with one attached hydrogen (secondary N) is 1. The van der Waals surface area contributed by atoms with Crippen LogP contribution >= 0.6 is 0 Å². The Labute approximate surface area is 166 Å². The number of benzene rings is 2. The van der Waals surface area contributed by atoms with Crippen LogP contribution in [0.5, 0.6) is 5.75 Å². The fourth-order valence-electron chi connectivity index (χ4n) is 2.87. The van der Waals surface area contributed by atoms with Crippen molar-refractivity contribution in [2.75, 3.05) is 18.4 Å². The average Bonchev–Trinajstić information content (AvgIpc) is 2.62. The maximum atomic E-state index is 13.1. The third kappa shape index (κ3) is 4.65. The van der Waals surface area contributed by atoms with Gasteiger partial charge in [-0.3, -0.25) is 4.72 Å². The molecule has 1 N–H and O–H groups in total. The SMILES string of the molecule is CCOC(=O)c1ccc(C)c(NS(=O)(=O)c2cc(C(C)C)c(OC)cc2C)c1. The standard InChI is InChI=1S/C21H27NO5S/c1-7-27-21(23)16-9-8-14(4)18(11-16)22-28(24,25)20-12-17(13(2)3)19(26-6)10-15(20)5/h8-13,22H,7H2,1-6H3. The highest BCUT2D eigenvalue weighted by atomic mass is 32.2. The summed E-state index contributed by atoms with van der Waals surface area (Å²) in [4.78, 5) is 12.2. The minimum absolute atomic E-state index is 0.0957. The molecule has 0 fully saturated rings.